The minimum Gasteiger partial charge on any atom is -0.372 e. The van der Waals surface area contributed by atoms with Gasteiger partial charge in [-0.1, -0.05) is 12.2 Å². The summed E-state index contributed by atoms with van der Waals surface area (Å²) >= 11 is 10.0. The lowest BCUT2D eigenvalue weighted by Crippen LogP contribution is -2.52. The average Bonchev–Trinajstić information content (AvgIpc) is 3.09. The first-order chi connectivity index (χ1) is 13.7. The highest BCUT2D eigenvalue weighted by Gasteiger charge is 2.30. The summed E-state index contributed by atoms with van der Waals surface area (Å²) in [5, 5.41) is 5.68. The van der Waals surface area contributed by atoms with Gasteiger partial charge in [0.1, 0.15) is 10.5 Å². The van der Waals surface area contributed by atoms with E-state index in [1.54, 1.807) is 26.0 Å². The second-order valence-electron chi connectivity index (χ2n) is 7.24. The Morgan fingerprint density at radius 2 is 2.03 bits per heavy atom. The Labute approximate surface area is 187 Å². The Kier molecular flexibility index (Phi) is 6.72. The van der Waals surface area contributed by atoms with Gasteiger partial charge in [-0.3, -0.25) is 9.59 Å². The summed E-state index contributed by atoms with van der Waals surface area (Å²) in [5.74, 6) is -0.580. The van der Waals surface area contributed by atoms with Crippen LogP contribution in [0.1, 0.15) is 29.1 Å². The number of ether oxygens (including phenoxy) is 1. The Balaban J connectivity index is 1.68. The number of nitrogens with zero attached hydrogens (tertiary/aromatic N) is 1. The van der Waals surface area contributed by atoms with Crippen molar-refractivity contribution in [3.63, 3.8) is 0 Å². The highest BCUT2D eigenvalue weighted by Crippen LogP contribution is 2.26. The number of morpholine rings is 1. The van der Waals surface area contributed by atoms with Crippen molar-refractivity contribution >= 4 is 67.7 Å². The molecule has 0 aliphatic carbocycles. The number of thiocarbonyl (C=S) groups is 1. The van der Waals surface area contributed by atoms with Gasteiger partial charge in [-0.05, 0) is 72.6 Å². The normalized spacial score (nSPS) is 14.6. The Hall–Kier alpha value is -1.81. The van der Waals surface area contributed by atoms with E-state index in [2.05, 4.69) is 31.5 Å². The van der Waals surface area contributed by atoms with E-state index in [0.29, 0.717) is 30.3 Å². The van der Waals surface area contributed by atoms with Crippen molar-refractivity contribution in [3.05, 3.63) is 44.6 Å². The molecule has 1 aliphatic rings. The lowest BCUT2D eigenvalue weighted by atomic mass is 10.0. The van der Waals surface area contributed by atoms with Crippen LogP contribution in [0.2, 0.25) is 0 Å². The average molecular weight is 496 g/mol. The van der Waals surface area contributed by atoms with Crippen LogP contribution in [0.3, 0.4) is 0 Å². The first-order valence-electron chi connectivity index (χ1n) is 9.05. The second-order valence-corrected chi connectivity index (χ2v) is 10.2. The zero-order valence-electron chi connectivity index (χ0n) is 16.4. The summed E-state index contributed by atoms with van der Waals surface area (Å²) in [4.78, 5) is 28.5. The molecule has 1 aliphatic heterocycles. The molecule has 2 heterocycles. The molecular formula is C20H22BrN3O3S2. The number of halogens is 1. The van der Waals surface area contributed by atoms with Crippen LogP contribution in [0.15, 0.2) is 34.1 Å². The summed E-state index contributed by atoms with van der Waals surface area (Å²) in [6, 6.07) is 9.21. The summed E-state index contributed by atoms with van der Waals surface area (Å²) in [6.45, 7) is 7.12. The summed E-state index contributed by atoms with van der Waals surface area (Å²) in [6.07, 6.45) is 0. The molecule has 0 atom stereocenters. The van der Waals surface area contributed by atoms with Crippen LogP contribution in [0, 0.1) is 6.92 Å². The number of amides is 2. The van der Waals surface area contributed by atoms with E-state index in [9.17, 15) is 9.59 Å². The van der Waals surface area contributed by atoms with E-state index in [1.807, 2.05) is 25.1 Å². The Morgan fingerprint density at radius 3 is 2.66 bits per heavy atom. The maximum absolute atomic E-state index is 12.8. The summed E-state index contributed by atoms with van der Waals surface area (Å²) < 4.78 is 6.24. The molecule has 1 aromatic heterocycles. The molecule has 0 unspecified atom stereocenters. The van der Waals surface area contributed by atoms with Gasteiger partial charge in [-0.25, -0.2) is 0 Å². The number of benzene rings is 1. The molecule has 2 N–H and O–H groups in total. The van der Waals surface area contributed by atoms with Crippen LogP contribution in [-0.2, 0) is 9.53 Å². The van der Waals surface area contributed by atoms with E-state index in [1.165, 1.54) is 11.3 Å². The summed E-state index contributed by atoms with van der Waals surface area (Å²) in [7, 11) is 0. The molecule has 1 fully saturated rings. The topological polar surface area (TPSA) is 70.7 Å². The Bertz CT molecular complexity index is 958. The molecule has 0 radical (unpaired) electrons. The number of rotatable bonds is 5. The Morgan fingerprint density at radius 1 is 1.28 bits per heavy atom. The minimum absolute atomic E-state index is 0.284. The maximum Gasteiger partial charge on any atom is 0.262 e. The van der Waals surface area contributed by atoms with Crippen LogP contribution in [-0.4, -0.2) is 42.1 Å². The number of carbonyl (C=O) groups excluding carboxylic acids is 2. The molecule has 3 rings (SSSR count). The number of carbonyl (C=O) groups is 2. The predicted octanol–water partition coefficient (Wildman–Crippen LogP) is 4.13. The van der Waals surface area contributed by atoms with Crippen molar-refractivity contribution in [2.45, 2.75) is 26.3 Å². The van der Waals surface area contributed by atoms with E-state index in [4.69, 9.17) is 17.0 Å². The molecule has 9 heteroatoms. The van der Waals surface area contributed by atoms with Crippen LogP contribution in [0.25, 0.3) is 0 Å². The minimum atomic E-state index is -1.08. The zero-order chi connectivity index (χ0) is 21.2. The molecule has 2 aromatic rings. The van der Waals surface area contributed by atoms with Crippen LogP contribution < -0.4 is 15.5 Å². The highest BCUT2D eigenvalue weighted by molar-refractivity contribution is 9.11. The molecule has 2 amide bonds. The fourth-order valence-electron chi connectivity index (χ4n) is 2.93. The molecule has 6 nitrogen and oxygen atoms in total. The highest BCUT2D eigenvalue weighted by atomic mass is 79.9. The molecular weight excluding hydrogens is 474 g/mol. The van der Waals surface area contributed by atoms with Gasteiger partial charge in [0.25, 0.3) is 5.91 Å². The van der Waals surface area contributed by atoms with Gasteiger partial charge in [0.2, 0.25) is 5.91 Å². The smallest absolute Gasteiger partial charge is 0.262 e. The van der Waals surface area contributed by atoms with Crippen molar-refractivity contribution in [1.82, 2.24) is 5.32 Å². The van der Waals surface area contributed by atoms with E-state index < -0.39 is 5.54 Å². The zero-order valence-corrected chi connectivity index (χ0v) is 19.6. The first-order valence-corrected chi connectivity index (χ1v) is 11.1. The van der Waals surface area contributed by atoms with Crippen molar-refractivity contribution in [2.75, 3.05) is 30.0 Å². The number of thiophene rings is 1. The fraction of sp³-hybridized carbons (Fsp3) is 0.350. The molecule has 0 saturated carbocycles. The van der Waals surface area contributed by atoms with Crippen molar-refractivity contribution in [3.8, 4) is 0 Å². The van der Waals surface area contributed by atoms with Gasteiger partial charge in [-0.15, -0.1) is 11.3 Å². The van der Waals surface area contributed by atoms with Crippen molar-refractivity contribution in [1.29, 1.82) is 0 Å². The maximum atomic E-state index is 12.8. The third kappa shape index (κ3) is 5.22. The number of hydrogen-bond acceptors (Lipinski definition) is 5. The van der Waals surface area contributed by atoms with E-state index in [0.717, 1.165) is 20.0 Å². The lowest BCUT2D eigenvalue weighted by molar-refractivity contribution is -0.120. The predicted molar refractivity (Wildman–Crippen MR) is 124 cm³/mol. The fourth-order valence-corrected chi connectivity index (χ4v) is 4.49. The van der Waals surface area contributed by atoms with E-state index >= 15 is 0 Å². The molecule has 0 bridgehead atoms. The molecule has 1 saturated heterocycles. The van der Waals surface area contributed by atoms with Gasteiger partial charge < -0.3 is 20.3 Å². The van der Waals surface area contributed by atoms with Gasteiger partial charge in [0.05, 0.1) is 21.9 Å². The van der Waals surface area contributed by atoms with Gasteiger partial charge >= 0.3 is 0 Å². The molecule has 1 aromatic carbocycles. The number of aryl methyl sites for hydroxylation is 1. The standard InChI is InChI=1S/C20H22BrN3O3S2/c1-12-10-13(4-5-14(12)24-8-9-27-11-17(24)28)22-19(26)20(2,3)23-18(25)15-6-7-16(21)29-15/h4-7,10H,8-9,11H2,1-3H3,(H,22,26)(H,23,25). The molecule has 154 valence electrons. The van der Waals surface area contributed by atoms with Gasteiger partial charge in [0, 0.05) is 17.9 Å². The van der Waals surface area contributed by atoms with Crippen LogP contribution in [0.4, 0.5) is 11.4 Å². The van der Waals surface area contributed by atoms with Crippen molar-refractivity contribution < 1.29 is 14.3 Å². The van der Waals surface area contributed by atoms with Crippen LogP contribution in [0.5, 0.6) is 0 Å². The molecule has 0 spiro atoms. The number of anilines is 2. The van der Waals surface area contributed by atoms with Gasteiger partial charge in [-0.2, -0.15) is 0 Å². The quantitative estimate of drug-likeness (QED) is 0.610. The van der Waals surface area contributed by atoms with Crippen molar-refractivity contribution in [2.24, 2.45) is 0 Å². The van der Waals surface area contributed by atoms with E-state index in [-0.39, 0.29) is 11.8 Å². The first kappa shape index (κ1) is 21.9. The SMILES string of the molecule is Cc1cc(NC(=O)C(C)(C)NC(=O)c2ccc(Br)s2)ccc1N1CCOCC1=S. The second kappa shape index (κ2) is 8.91. The number of nitrogens with one attached hydrogen (secondary N) is 2. The largest absolute Gasteiger partial charge is 0.372 e. The summed E-state index contributed by atoms with van der Waals surface area (Å²) in [5.41, 5.74) is 1.59. The third-order valence-electron chi connectivity index (χ3n) is 4.52. The van der Waals surface area contributed by atoms with Gasteiger partial charge in [0.15, 0.2) is 0 Å². The monoisotopic (exact) mass is 495 g/mol. The third-order valence-corrected chi connectivity index (χ3v) is 6.48. The lowest BCUT2D eigenvalue weighted by Gasteiger charge is -2.31. The van der Waals surface area contributed by atoms with Crippen LogP contribution >= 0.6 is 39.5 Å². The molecule has 29 heavy (non-hydrogen) atoms. The number of hydrogen-bond donors (Lipinski definition) is 2.